The van der Waals surface area contributed by atoms with E-state index in [0.717, 1.165) is 0 Å². The van der Waals surface area contributed by atoms with E-state index in [0.29, 0.717) is 21.4 Å². The van der Waals surface area contributed by atoms with E-state index in [1.54, 1.807) is 30.3 Å². The van der Waals surface area contributed by atoms with Crippen LogP contribution in [0.1, 0.15) is 17.4 Å². The van der Waals surface area contributed by atoms with E-state index < -0.39 is 6.10 Å². The molecule has 0 spiro atoms. The molecular formula is C11H8Cl2O2. The van der Waals surface area contributed by atoms with E-state index in [2.05, 4.69) is 0 Å². The highest BCUT2D eigenvalue weighted by atomic mass is 35.5. The minimum atomic E-state index is -0.810. The van der Waals surface area contributed by atoms with Gasteiger partial charge in [0.2, 0.25) is 0 Å². The molecule has 0 saturated heterocycles. The molecule has 78 valence electrons. The van der Waals surface area contributed by atoms with Crippen LogP contribution >= 0.6 is 23.2 Å². The summed E-state index contributed by atoms with van der Waals surface area (Å²) in [5.41, 5.74) is 0.652. The number of hydrogen-bond donors (Lipinski definition) is 1. The van der Waals surface area contributed by atoms with Crippen molar-refractivity contribution >= 4 is 23.2 Å². The van der Waals surface area contributed by atoms with Gasteiger partial charge in [0.05, 0.1) is 16.3 Å². The van der Waals surface area contributed by atoms with E-state index in [-0.39, 0.29) is 0 Å². The summed E-state index contributed by atoms with van der Waals surface area (Å²) in [7, 11) is 0. The van der Waals surface area contributed by atoms with Gasteiger partial charge in [0.1, 0.15) is 11.9 Å². The molecule has 15 heavy (non-hydrogen) atoms. The van der Waals surface area contributed by atoms with Gasteiger partial charge in [-0.3, -0.25) is 0 Å². The van der Waals surface area contributed by atoms with Gasteiger partial charge in [0.25, 0.3) is 0 Å². The number of furan rings is 1. The predicted octanol–water partition coefficient (Wildman–Crippen LogP) is 3.67. The third kappa shape index (κ3) is 2.17. The second kappa shape index (κ2) is 4.27. The lowest BCUT2D eigenvalue weighted by Crippen LogP contribution is -1.97. The Kier molecular flexibility index (Phi) is 3.00. The van der Waals surface area contributed by atoms with Crippen LogP contribution in [0.2, 0.25) is 10.0 Å². The van der Waals surface area contributed by atoms with Crippen molar-refractivity contribution in [3.05, 3.63) is 58.0 Å². The molecule has 2 nitrogen and oxygen atoms in total. The van der Waals surface area contributed by atoms with Crippen LogP contribution in [0.5, 0.6) is 0 Å². The summed E-state index contributed by atoms with van der Waals surface area (Å²) < 4.78 is 5.09. The molecule has 0 aliphatic carbocycles. The van der Waals surface area contributed by atoms with Gasteiger partial charge in [-0.2, -0.15) is 0 Å². The largest absolute Gasteiger partial charge is 0.466 e. The van der Waals surface area contributed by atoms with Gasteiger partial charge < -0.3 is 9.52 Å². The normalized spacial score (nSPS) is 12.7. The molecule has 1 aromatic heterocycles. The highest BCUT2D eigenvalue weighted by Gasteiger charge is 2.13. The van der Waals surface area contributed by atoms with E-state index in [9.17, 15) is 5.11 Å². The first kappa shape index (κ1) is 10.6. The zero-order valence-corrected chi connectivity index (χ0v) is 9.16. The summed E-state index contributed by atoms with van der Waals surface area (Å²) in [6.45, 7) is 0. The van der Waals surface area contributed by atoms with Crippen molar-refractivity contribution in [2.24, 2.45) is 0 Å². The van der Waals surface area contributed by atoms with Gasteiger partial charge in [-0.15, -0.1) is 0 Å². The SMILES string of the molecule is O[C@H](c1ccc(Cl)c(Cl)c1)c1ccco1. The average molecular weight is 243 g/mol. The lowest BCUT2D eigenvalue weighted by molar-refractivity contribution is 0.189. The van der Waals surface area contributed by atoms with E-state index in [1.807, 2.05) is 0 Å². The van der Waals surface area contributed by atoms with E-state index >= 15 is 0 Å². The fraction of sp³-hybridized carbons (Fsp3) is 0.0909. The summed E-state index contributed by atoms with van der Waals surface area (Å²) in [6, 6.07) is 8.40. The molecule has 1 heterocycles. The first-order valence-electron chi connectivity index (χ1n) is 4.35. The van der Waals surface area contributed by atoms with Crippen LogP contribution in [-0.4, -0.2) is 5.11 Å². The Labute approximate surface area is 97.0 Å². The Balaban J connectivity index is 2.34. The first-order valence-corrected chi connectivity index (χ1v) is 5.10. The lowest BCUT2D eigenvalue weighted by atomic mass is 10.1. The second-order valence-corrected chi connectivity index (χ2v) is 3.91. The van der Waals surface area contributed by atoms with Gasteiger partial charge in [-0.05, 0) is 29.8 Å². The molecule has 1 aromatic carbocycles. The summed E-state index contributed by atoms with van der Waals surface area (Å²) >= 11 is 11.6. The number of benzene rings is 1. The predicted molar refractivity (Wildman–Crippen MR) is 59.2 cm³/mol. The maximum absolute atomic E-state index is 9.90. The molecule has 1 N–H and O–H groups in total. The van der Waals surface area contributed by atoms with Crippen LogP contribution in [0.15, 0.2) is 41.0 Å². The van der Waals surface area contributed by atoms with Crippen LogP contribution < -0.4 is 0 Å². The minimum Gasteiger partial charge on any atom is -0.466 e. The topological polar surface area (TPSA) is 33.4 Å². The molecule has 1 atom stereocenters. The zero-order valence-electron chi connectivity index (χ0n) is 7.65. The molecule has 0 saturated carbocycles. The number of aliphatic hydroxyl groups is 1. The molecule has 0 bridgehead atoms. The van der Waals surface area contributed by atoms with E-state index in [4.69, 9.17) is 27.6 Å². The first-order chi connectivity index (χ1) is 7.18. The Morgan fingerprint density at radius 3 is 2.53 bits per heavy atom. The van der Waals surface area contributed by atoms with Gasteiger partial charge in [0.15, 0.2) is 0 Å². The Morgan fingerprint density at radius 2 is 1.93 bits per heavy atom. The third-order valence-corrected chi connectivity index (χ3v) is 2.81. The van der Waals surface area contributed by atoms with Crippen LogP contribution in [0.4, 0.5) is 0 Å². The van der Waals surface area contributed by atoms with Crippen molar-refractivity contribution in [3.8, 4) is 0 Å². The van der Waals surface area contributed by atoms with Crippen molar-refractivity contribution in [2.75, 3.05) is 0 Å². The highest BCUT2D eigenvalue weighted by Crippen LogP contribution is 2.28. The fourth-order valence-corrected chi connectivity index (χ4v) is 1.60. The molecule has 0 aliphatic heterocycles. The molecular weight excluding hydrogens is 235 g/mol. The monoisotopic (exact) mass is 242 g/mol. The molecule has 0 aliphatic rings. The Morgan fingerprint density at radius 1 is 1.13 bits per heavy atom. The van der Waals surface area contributed by atoms with Crippen molar-refractivity contribution in [3.63, 3.8) is 0 Å². The molecule has 0 amide bonds. The van der Waals surface area contributed by atoms with Crippen LogP contribution in [0.3, 0.4) is 0 Å². The minimum absolute atomic E-state index is 0.416. The summed E-state index contributed by atoms with van der Waals surface area (Å²) in [5, 5.41) is 10.8. The average Bonchev–Trinajstić information content (AvgIpc) is 2.74. The molecule has 2 aromatic rings. The Bertz CT molecular complexity index is 452. The molecule has 0 unspecified atom stereocenters. The van der Waals surface area contributed by atoms with Gasteiger partial charge in [-0.25, -0.2) is 0 Å². The van der Waals surface area contributed by atoms with Gasteiger partial charge >= 0.3 is 0 Å². The number of halogens is 2. The fourth-order valence-electron chi connectivity index (χ4n) is 1.29. The number of rotatable bonds is 2. The van der Waals surface area contributed by atoms with Gasteiger partial charge in [-0.1, -0.05) is 29.3 Å². The smallest absolute Gasteiger partial charge is 0.137 e. The van der Waals surface area contributed by atoms with Crippen LogP contribution in [0.25, 0.3) is 0 Å². The molecule has 0 fully saturated rings. The standard InChI is InChI=1S/C11H8Cl2O2/c12-8-4-3-7(6-9(8)13)11(14)10-2-1-5-15-10/h1-6,11,14H/t11-/m1/s1. The third-order valence-electron chi connectivity index (χ3n) is 2.07. The Hall–Kier alpha value is -0.960. The summed E-state index contributed by atoms with van der Waals surface area (Å²) in [4.78, 5) is 0. The summed E-state index contributed by atoms with van der Waals surface area (Å²) in [5.74, 6) is 0.480. The maximum Gasteiger partial charge on any atom is 0.137 e. The number of aliphatic hydroxyl groups excluding tert-OH is 1. The van der Waals surface area contributed by atoms with Gasteiger partial charge in [0, 0.05) is 0 Å². The number of hydrogen-bond acceptors (Lipinski definition) is 2. The van der Waals surface area contributed by atoms with Crippen molar-refractivity contribution in [1.29, 1.82) is 0 Å². The molecule has 4 heteroatoms. The van der Waals surface area contributed by atoms with Crippen LogP contribution in [0, 0.1) is 0 Å². The summed E-state index contributed by atoms with van der Waals surface area (Å²) in [6.07, 6.45) is 0.700. The highest BCUT2D eigenvalue weighted by molar-refractivity contribution is 6.42. The molecule has 0 radical (unpaired) electrons. The van der Waals surface area contributed by atoms with Crippen LogP contribution in [-0.2, 0) is 0 Å². The van der Waals surface area contributed by atoms with Crippen molar-refractivity contribution in [1.82, 2.24) is 0 Å². The maximum atomic E-state index is 9.90. The van der Waals surface area contributed by atoms with Crippen molar-refractivity contribution < 1.29 is 9.52 Å². The lowest BCUT2D eigenvalue weighted by Gasteiger charge is -2.08. The quantitative estimate of drug-likeness (QED) is 0.872. The van der Waals surface area contributed by atoms with E-state index in [1.165, 1.54) is 6.26 Å². The zero-order chi connectivity index (χ0) is 10.8. The second-order valence-electron chi connectivity index (χ2n) is 3.09. The molecule has 2 rings (SSSR count). The van der Waals surface area contributed by atoms with Crippen molar-refractivity contribution in [2.45, 2.75) is 6.10 Å².